The highest BCUT2D eigenvalue weighted by Crippen LogP contribution is 2.34. The van der Waals surface area contributed by atoms with Crippen molar-refractivity contribution in [3.63, 3.8) is 0 Å². The van der Waals surface area contributed by atoms with Crippen molar-refractivity contribution in [2.75, 3.05) is 11.9 Å². The lowest BCUT2D eigenvalue weighted by molar-refractivity contribution is 0.131. The number of imidazole rings is 1. The van der Waals surface area contributed by atoms with Gasteiger partial charge in [-0.25, -0.2) is 9.78 Å². The predicted octanol–water partition coefficient (Wildman–Crippen LogP) is 3.50. The van der Waals surface area contributed by atoms with Gasteiger partial charge in [0.1, 0.15) is 17.4 Å². The molecule has 0 fully saturated rings. The third-order valence-electron chi connectivity index (χ3n) is 4.87. The molecule has 8 heteroatoms. The molecule has 3 aromatic rings. The van der Waals surface area contributed by atoms with Crippen molar-refractivity contribution in [2.45, 2.75) is 38.8 Å². The molecule has 0 spiro atoms. The topological polar surface area (TPSA) is 88.1 Å². The summed E-state index contributed by atoms with van der Waals surface area (Å²) in [5, 5.41) is 7.31. The van der Waals surface area contributed by atoms with Crippen LogP contribution in [0, 0.1) is 0 Å². The number of carbonyl (C=O) groups is 1. The zero-order chi connectivity index (χ0) is 20.6. The molecule has 3 heterocycles. The average Bonchev–Trinajstić information content (AvgIpc) is 3.30. The molecule has 0 aliphatic carbocycles. The van der Waals surface area contributed by atoms with Crippen molar-refractivity contribution in [1.29, 1.82) is 0 Å². The van der Waals surface area contributed by atoms with E-state index in [2.05, 4.69) is 20.4 Å². The fourth-order valence-electron chi connectivity index (χ4n) is 3.62. The van der Waals surface area contributed by atoms with Crippen molar-refractivity contribution in [3.05, 3.63) is 59.9 Å². The van der Waals surface area contributed by atoms with Gasteiger partial charge < -0.3 is 19.9 Å². The summed E-state index contributed by atoms with van der Waals surface area (Å²) in [5.74, 6) is 0.642. The van der Waals surface area contributed by atoms with Gasteiger partial charge in [-0.2, -0.15) is 5.10 Å². The maximum atomic E-state index is 13.3. The fraction of sp³-hybridized carbons (Fsp3) is 0.381. The number of aryl methyl sites for hydroxylation is 1. The number of nitrogens with zero attached hydrogens (tertiary/aromatic N) is 4. The first-order valence-electron chi connectivity index (χ1n) is 9.69. The summed E-state index contributed by atoms with van der Waals surface area (Å²) in [6.07, 6.45) is 4.14. The van der Waals surface area contributed by atoms with E-state index in [0.717, 1.165) is 23.5 Å². The maximum Gasteiger partial charge on any atom is 0.322 e. The summed E-state index contributed by atoms with van der Waals surface area (Å²) in [6.45, 7) is 6.51. The van der Waals surface area contributed by atoms with Gasteiger partial charge in [0.2, 0.25) is 0 Å². The van der Waals surface area contributed by atoms with E-state index in [-0.39, 0.29) is 17.7 Å². The van der Waals surface area contributed by atoms with Gasteiger partial charge in [0.25, 0.3) is 0 Å². The number of para-hydroxylation sites is 2. The molecule has 0 bridgehead atoms. The fourth-order valence-corrected chi connectivity index (χ4v) is 3.62. The number of carbonyl (C=O) groups excluding carboxylic acids is 1. The van der Waals surface area contributed by atoms with Crippen LogP contribution in [0.25, 0.3) is 0 Å². The Morgan fingerprint density at radius 3 is 2.79 bits per heavy atom. The van der Waals surface area contributed by atoms with Gasteiger partial charge in [-0.3, -0.25) is 4.68 Å². The summed E-state index contributed by atoms with van der Waals surface area (Å²) >= 11 is 0. The minimum absolute atomic E-state index is 0.199. The van der Waals surface area contributed by atoms with Crippen LogP contribution in [0.5, 0.6) is 5.75 Å². The molecular formula is C21H26N6O2. The second-order valence-electron chi connectivity index (χ2n) is 8.13. The highest BCUT2D eigenvalue weighted by molar-refractivity contribution is 5.91. The van der Waals surface area contributed by atoms with Crippen molar-refractivity contribution in [3.8, 4) is 5.75 Å². The first kappa shape index (κ1) is 19.0. The Labute approximate surface area is 169 Å². The number of nitrogens with one attached hydrogen (secondary N) is 2. The molecule has 0 radical (unpaired) electrons. The highest BCUT2D eigenvalue weighted by atomic mass is 16.5. The standard InChI is InChI=1S/C21H26N6O2/c1-21(2,3)29-17-8-6-5-7-14(17)25-20(28)27-12-10-15-18(23-13-22-15)19(27)16-9-11-24-26(16)4/h5-9,11,13,19H,10,12H2,1-4H3,(H,22,23)(H,25,28)/t19-/m1/s1. The van der Waals surface area contributed by atoms with Crippen LogP contribution in [0.1, 0.15) is 43.9 Å². The van der Waals surface area contributed by atoms with Gasteiger partial charge in [0.15, 0.2) is 0 Å². The quantitative estimate of drug-likeness (QED) is 0.712. The minimum atomic E-state index is -0.368. The van der Waals surface area contributed by atoms with Gasteiger partial charge in [0.05, 0.1) is 23.4 Å². The molecule has 4 rings (SSSR count). The molecule has 1 atom stereocenters. The molecule has 2 amide bonds. The first-order chi connectivity index (χ1) is 13.8. The number of H-pyrrole nitrogens is 1. The molecule has 8 nitrogen and oxygen atoms in total. The number of amides is 2. The normalized spacial score (nSPS) is 16.4. The summed E-state index contributed by atoms with van der Waals surface area (Å²) in [5.41, 5.74) is 3.09. The van der Waals surface area contributed by atoms with Crippen LogP contribution in [-0.2, 0) is 13.5 Å². The minimum Gasteiger partial charge on any atom is -0.486 e. The summed E-state index contributed by atoms with van der Waals surface area (Å²) in [4.78, 5) is 22.8. The third kappa shape index (κ3) is 3.83. The summed E-state index contributed by atoms with van der Waals surface area (Å²) in [7, 11) is 1.87. The van der Waals surface area contributed by atoms with Gasteiger partial charge in [-0.1, -0.05) is 12.1 Å². The van der Waals surface area contributed by atoms with E-state index in [9.17, 15) is 4.79 Å². The molecule has 0 saturated carbocycles. The third-order valence-corrected chi connectivity index (χ3v) is 4.87. The Bertz CT molecular complexity index is 1020. The number of anilines is 1. The van der Waals surface area contributed by atoms with E-state index in [1.54, 1.807) is 22.1 Å². The number of hydrogen-bond acceptors (Lipinski definition) is 4. The van der Waals surface area contributed by atoms with Crippen molar-refractivity contribution in [1.82, 2.24) is 24.6 Å². The Morgan fingerprint density at radius 1 is 1.28 bits per heavy atom. The molecule has 1 aromatic carbocycles. The Morgan fingerprint density at radius 2 is 2.07 bits per heavy atom. The molecule has 2 aromatic heterocycles. The van der Waals surface area contributed by atoms with E-state index < -0.39 is 0 Å². The second-order valence-corrected chi connectivity index (χ2v) is 8.13. The zero-order valence-corrected chi connectivity index (χ0v) is 17.1. The number of hydrogen-bond donors (Lipinski definition) is 2. The average molecular weight is 394 g/mol. The zero-order valence-electron chi connectivity index (χ0n) is 17.1. The lowest BCUT2D eigenvalue weighted by Gasteiger charge is -2.35. The predicted molar refractivity (Wildman–Crippen MR) is 110 cm³/mol. The Balaban J connectivity index is 1.64. The number of benzene rings is 1. The van der Waals surface area contributed by atoms with Crippen LogP contribution >= 0.6 is 0 Å². The van der Waals surface area contributed by atoms with Crippen LogP contribution in [0.3, 0.4) is 0 Å². The van der Waals surface area contributed by atoms with Crippen LogP contribution in [0.4, 0.5) is 10.5 Å². The molecule has 1 aliphatic heterocycles. The number of aromatic amines is 1. The SMILES string of the molecule is Cn1nccc1[C@@H]1c2nc[nH]c2CCN1C(=O)Nc1ccccc1OC(C)(C)C. The van der Waals surface area contributed by atoms with Crippen LogP contribution in [0.15, 0.2) is 42.9 Å². The lowest BCUT2D eigenvalue weighted by atomic mass is 10.00. The van der Waals surface area contributed by atoms with Gasteiger partial charge >= 0.3 is 6.03 Å². The smallest absolute Gasteiger partial charge is 0.322 e. The number of urea groups is 1. The highest BCUT2D eigenvalue weighted by Gasteiger charge is 2.36. The molecule has 2 N–H and O–H groups in total. The maximum absolute atomic E-state index is 13.3. The number of fused-ring (bicyclic) bond motifs is 1. The van der Waals surface area contributed by atoms with Crippen LogP contribution in [-0.4, -0.2) is 42.8 Å². The van der Waals surface area contributed by atoms with E-state index in [1.807, 2.05) is 58.2 Å². The number of ether oxygens (including phenoxy) is 1. The molecule has 0 saturated heterocycles. The molecular weight excluding hydrogens is 368 g/mol. The Kier molecular flexibility index (Phi) is 4.77. The second kappa shape index (κ2) is 7.27. The lowest BCUT2D eigenvalue weighted by Crippen LogP contribution is -2.43. The molecule has 1 aliphatic rings. The van der Waals surface area contributed by atoms with Crippen molar-refractivity contribution < 1.29 is 9.53 Å². The molecule has 0 unspecified atom stereocenters. The summed E-state index contributed by atoms with van der Waals surface area (Å²) in [6, 6.07) is 8.90. The largest absolute Gasteiger partial charge is 0.486 e. The summed E-state index contributed by atoms with van der Waals surface area (Å²) < 4.78 is 7.80. The van der Waals surface area contributed by atoms with Gasteiger partial charge in [0, 0.05) is 31.9 Å². The van der Waals surface area contributed by atoms with E-state index in [0.29, 0.717) is 18.0 Å². The van der Waals surface area contributed by atoms with Crippen LogP contribution < -0.4 is 10.1 Å². The van der Waals surface area contributed by atoms with E-state index in [4.69, 9.17) is 4.74 Å². The molecule has 29 heavy (non-hydrogen) atoms. The monoisotopic (exact) mass is 394 g/mol. The first-order valence-corrected chi connectivity index (χ1v) is 9.69. The number of aromatic nitrogens is 4. The van der Waals surface area contributed by atoms with E-state index >= 15 is 0 Å². The Hall–Kier alpha value is -3.29. The van der Waals surface area contributed by atoms with Crippen molar-refractivity contribution >= 4 is 11.7 Å². The number of rotatable bonds is 3. The van der Waals surface area contributed by atoms with Crippen LogP contribution in [0.2, 0.25) is 0 Å². The van der Waals surface area contributed by atoms with Gasteiger partial charge in [-0.05, 0) is 39.0 Å². The van der Waals surface area contributed by atoms with Crippen molar-refractivity contribution in [2.24, 2.45) is 7.05 Å². The van der Waals surface area contributed by atoms with Gasteiger partial charge in [-0.15, -0.1) is 0 Å². The van der Waals surface area contributed by atoms with E-state index in [1.165, 1.54) is 0 Å². The molecule has 152 valence electrons.